The van der Waals surface area contributed by atoms with Gasteiger partial charge in [-0.05, 0) is 30.9 Å². The minimum absolute atomic E-state index is 0. The van der Waals surface area contributed by atoms with Crippen molar-refractivity contribution in [3.05, 3.63) is 24.5 Å². The third-order valence-electron chi connectivity index (χ3n) is 4.31. The second kappa shape index (κ2) is 7.61. The highest BCUT2D eigenvalue weighted by atomic mass is 35.5. The molecule has 0 unspecified atom stereocenters. The zero-order chi connectivity index (χ0) is 13.8. The number of hydrogen-bond donors (Lipinski definition) is 1. The third kappa shape index (κ3) is 4.08. The van der Waals surface area contributed by atoms with Gasteiger partial charge in [0.05, 0.1) is 6.54 Å². The maximum atomic E-state index is 11.8. The summed E-state index contributed by atoms with van der Waals surface area (Å²) in [6.45, 7) is 5.40. The van der Waals surface area contributed by atoms with E-state index in [0.29, 0.717) is 12.5 Å². The van der Waals surface area contributed by atoms with Crippen LogP contribution in [0.5, 0.6) is 0 Å². The molecule has 6 heteroatoms. The van der Waals surface area contributed by atoms with Gasteiger partial charge in [-0.25, -0.2) is 0 Å². The van der Waals surface area contributed by atoms with E-state index in [4.69, 9.17) is 0 Å². The van der Waals surface area contributed by atoms with Crippen LogP contribution in [0.3, 0.4) is 0 Å². The molecule has 1 amide bonds. The van der Waals surface area contributed by atoms with Gasteiger partial charge in [0.2, 0.25) is 5.91 Å². The van der Waals surface area contributed by atoms with Crippen LogP contribution in [-0.2, 0) is 4.79 Å². The van der Waals surface area contributed by atoms with Crippen molar-refractivity contribution in [3.63, 3.8) is 0 Å². The van der Waals surface area contributed by atoms with E-state index in [1.54, 1.807) is 0 Å². The van der Waals surface area contributed by atoms with Crippen molar-refractivity contribution in [2.24, 2.45) is 5.92 Å². The number of pyridine rings is 1. The molecule has 2 fully saturated rings. The minimum Gasteiger partial charge on any atom is -0.371 e. The normalized spacial score (nSPS) is 20.3. The molecule has 0 atom stereocenters. The summed E-state index contributed by atoms with van der Waals surface area (Å²) in [6, 6.07) is 4.14. The molecule has 0 aromatic carbocycles. The number of halogens is 1. The molecular formula is C15H23ClN4O. The van der Waals surface area contributed by atoms with Crippen molar-refractivity contribution in [3.8, 4) is 0 Å². The van der Waals surface area contributed by atoms with Gasteiger partial charge >= 0.3 is 0 Å². The predicted octanol–water partition coefficient (Wildman–Crippen LogP) is 1.15. The molecule has 0 spiro atoms. The van der Waals surface area contributed by atoms with Gasteiger partial charge in [0, 0.05) is 50.8 Å². The summed E-state index contributed by atoms with van der Waals surface area (Å²) in [7, 11) is 0. The predicted molar refractivity (Wildman–Crippen MR) is 85.9 cm³/mol. The Balaban J connectivity index is 0.00000161. The van der Waals surface area contributed by atoms with Crippen LogP contribution in [0, 0.1) is 5.92 Å². The lowest BCUT2D eigenvalue weighted by atomic mass is 9.95. The van der Waals surface area contributed by atoms with E-state index in [1.165, 1.54) is 18.5 Å². The number of aromatic nitrogens is 1. The molecule has 2 saturated heterocycles. The zero-order valence-corrected chi connectivity index (χ0v) is 13.0. The van der Waals surface area contributed by atoms with Crippen molar-refractivity contribution in [1.82, 2.24) is 15.2 Å². The highest BCUT2D eigenvalue weighted by Gasteiger charge is 2.25. The van der Waals surface area contributed by atoms with Gasteiger partial charge in [-0.15, -0.1) is 12.4 Å². The Morgan fingerprint density at radius 1 is 1.19 bits per heavy atom. The Kier molecular flexibility index (Phi) is 5.82. The topological polar surface area (TPSA) is 48.5 Å². The molecule has 5 nitrogen and oxygen atoms in total. The van der Waals surface area contributed by atoms with Crippen molar-refractivity contribution in [2.45, 2.75) is 12.8 Å². The van der Waals surface area contributed by atoms with Gasteiger partial charge < -0.3 is 15.1 Å². The molecule has 1 N–H and O–H groups in total. The van der Waals surface area contributed by atoms with Crippen molar-refractivity contribution < 1.29 is 4.79 Å². The number of carbonyl (C=O) groups excluding carboxylic acids is 1. The fraction of sp³-hybridized carbons (Fsp3) is 0.600. The largest absolute Gasteiger partial charge is 0.371 e. The molecule has 3 rings (SSSR count). The summed E-state index contributed by atoms with van der Waals surface area (Å²) in [5.41, 5.74) is 1.26. The number of nitrogens with zero attached hydrogens (tertiary/aromatic N) is 3. The van der Waals surface area contributed by atoms with Gasteiger partial charge in [0.1, 0.15) is 0 Å². The summed E-state index contributed by atoms with van der Waals surface area (Å²) in [5, 5.41) is 3.12. The fourth-order valence-corrected chi connectivity index (χ4v) is 3.08. The average Bonchev–Trinajstić information content (AvgIpc) is 2.51. The van der Waals surface area contributed by atoms with Crippen LogP contribution in [-0.4, -0.2) is 55.1 Å². The third-order valence-corrected chi connectivity index (χ3v) is 4.31. The highest BCUT2D eigenvalue weighted by Crippen LogP contribution is 2.23. The van der Waals surface area contributed by atoms with E-state index in [2.05, 4.69) is 27.3 Å². The second-order valence-corrected chi connectivity index (χ2v) is 5.65. The monoisotopic (exact) mass is 310 g/mol. The second-order valence-electron chi connectivity index (χ2n) is 5.65. The number of amides is 1. The van der Waals surface area contributed by atoms with Crippen LogP contribution in [0.4, 0.5) is 5.69 Å². The fourth-order valence-electron chi connectivity index (χ4n) is 3.08. The van der Waals surface area contributed by atoms with E-state index in [9.17, 15) is 4.79 Å². The first-order chi connectivity index (χ1) is 9.83. The Morgan fingerprint density at radius 3 is 2.57 bits per heavy atom. The molecule has 0 aliphatic carbocycles. The van der Waals surface area contributed by atoms with Crippen LogP contribution in [0.25, 0.3) is 0 Å². The summed E-state index contributed by atoms with van der Waals surface area (Å²) in [5.74, 6) is 0.906. The van der Waals surface area contributed by atoms with Gasteiger partial charge in [-0.2, -0.15) is 0 Å². The van der Waals surface area contributed by atoms with E-state index >= 15 is 0 Å². The molecule has 1 aromatic rings. The quantitative estimate of drug-likeness (QED) is 0.910. The summed E-state index contributed by atoms with van der Waals surface area (Å²) >= 11 is 0. The first kappa shape index (κ1) is 16.0. The maximum Gasteiger partial charge on any atom is 0.236 e. The molecule has 3 heterocycles. The lowest BCUT2D eigenvalue weighted by Crippen LogP contribution is -2.50. The molecule has 0 radical (unpaired) electrons. The molecule has 0 bridgehead atoms. The molecule has 21 heavy (non-hydrogen) atoms. The summed E-state index contributed by atoms with van der Waals surface area (Å²) in [6.07, 6.45) is 6.03. The number of rotatable bonds is 3. The Labute approximate surface area is 132 Å². The zero-order valence-electron chi connectivity index (χ0n) is 12.2. The molecule has 0 saturated carbocycles. The van der Waals surface area contributed by atoms with E-state index < -0.39 is 0 Å². The van der Waals surface area contributed by atoms with Gasteiger partial charge in [0.15, 0.2) is 0 Å². The van der Waals surface area contributed by atoms with E-state index in [1.807, 2.05) is 17.3 Å². The molecule has 2 aliphatic heterocycles. The molecule has 2 aliphatic rings. The smallest absolute Gasteiger partial charge is 0.236 e. The van der Waals surface area contributed by atoms with Crippen molar-refractivity contribution in [1.29, 1.82) is 0 Å². The summed E-state index contributed by atoms with van der Waals surface area (Å²) < 4.78 is 0. The first-order valence-corrected chi connectivity index (χ1v) is 7.46. The Morgan fingerprint density at radius 2 is 1.90 bits per heavy atom. The lowest BCUT2D eigenvalue weighted by molar-refractivity contribution is -0.132. The number of carbonyl (C=O) groups is 1. The maximum absolute atomic E-state index is 11.8. The lowest BCUT2D eigenvalue weighted by Gasteiger charge is -2.37. The van der Waals surface area contributed by atoms with Crippen molar-refractivity contribution >= 4 is 24.0 Å². The standard InChI is InChI=1S/C15H22N4O.ClH/c20-15-11-17-7-10-19(15)12-13-3-8-18(9-4-13)14-1-5-16-6-2-14;/h1-2,5-6,13,17H,3-4,7-12H2;1H. The van der Waals surface area contributed by atoms with Crippen LogP contribution in [0.2, 0.25) is 0 Å². The molecule has 1 aromatic heterocycles. The highest BCUT2D eigenvalue weighted by molar-refractivity contribution is 5.85. The molecule has 116 valence electrons. The minimum atomic E-state index is 0. The van der Waals surface area contributed by atoms with Crippen LogP contribution in [0.15, 0.2) is 24.5 Å². The number of piperazine rings is 1. The first-order valence-electron chi connectivity index (χ1n) is 7.46. The van der Waals surface area contributed by atoms with Gasteiger partial charge in [-0.3, -0.25) is 9.78 Å². The van der Waals surface area contributed by atoms with Crippen LogP contribution < -0.4 is 10.2 Å². The number of nitrogens with one attached hydrogen (secondary N) is 1. The van der Waals surface area contributed by atoms with Crippen LogP contribution in [0.1, 0.15) is 12.8 Å². The van der Waals surface area contributed by atoms with E-state index in [0.717, 1.165) is 32.7 Å². The van der Waals surface area contributed by atoms with Gasteiger partial charge in [-0.1, -0.05) is 0 Å². The van der Waals surface area contributed by atoms with Crippen LogP contribution >= 0.6 is 12.4 Å². The molecular weight excluding hydrogens is 288 g/mol. The van der Waals surface area contributed by atoms with E-state index in [-0.39, 0.29) is 18.3 Å². The van der Waals surface area contributed by atoms with Crippen molar-refractivity contribution in [2.75, 3.05) is 44.2 Å². The van der Waals surface area contributed by atoms with Gasteiger partial charge in [0.25, 0.3) is 0 Å². The Bertz CT molecular complexity index is 448. The SMILES string of the molecule is Cl.O=C1CNCCN1CC1CCN(c2ccncc2)CC1. The average molecular weight is 311 g/mol. The number of piperidine rings is 1. The summed E-state index contributed by atoms with van der Waals surface area (Å²) in [4.78, 5) is 20.3. The number of anilines is 1. The number of hydrogen-bond acceptors (Lipinski definition) is 4. The Hall–Kier alpha value is -1.33.